The lowest BCUT2D eigenvalue weighted by molar-refractivity contribution is -0.136. The predicted octanol–water partition coefficient (Wildman–Crippen LogP) is 3.05. The summed E-state index contributed by atoms with van der Waals surface area (Å²) in [6.07, 6.45) is 1.63. The number of rotatable bonds is 4. The molecule has 0 aliphatic heterocycles. The van der Waals surface area contributed by atoms with Crippen molar-refractivity contribution in [1.82, 2.24) is 4.57 Å². The molecule has 2 aromatic rings. The highest BCUT2D eigenvalue weighted by Crippen LogP contribution is 2.15. The summed E-state index contributed by atoms with van der Waals surface area (Å²) in [5.41, 5.74) is 1.38. The molecule has 1 heterocycles. The van der Waals surface area contributed by atoms with Crippen LogP contribution in [0.25, 0.3) is 0 Å². The molecule has 0 aliphatic carbocycles. The Hall–Kier alpha value is -1.40. The Balaban J connectivity index is 2.40. The Bertz CT molecular complexity index is 710. The van der Waals surface area contributed by atoms with Gasteiger partial charge in [0, 0.05) is 10.7 Å². The predicted molar refractivity (Wildman–Crippen MR) is 83.0 cm³/mol. The molecular weight excluding hydrogens is 390 g/mol. The zero-order chi connectivity index (χ0) is 14.7. The van der Waals surface area contributed by atoms with Crippen LogP contribution in [0.4, 0.5) is 0 Å². The number of halogens is 2. The number of hydrogen-bond donors (Lipinski definition) is 1. The lowest BCUT2D eigenvalue weighted by Gasteiger charge is -2.11. The number of aliphatic carboxylic acids is 1. The van der Waals surface area contributed by atoms with E-state index in [-0.39, 0.29) is 12.0 Å². The molecule has 20 heavy (non-hydrogen) atoms. The molecule has 0 unspecified atom stereocenters. The van der Waals surface area contributed by atoms with Crippen molar-refractivity contribution >= 4 is 37.8 Å². The number of pyridine rings is 1. The van der Waals surface area contributed by atoms with Gasteiger partial charge in [-0.2, -0.15) is 0 Å². The maximum atomic E-state index is 12.0. The van der Waals surface area contributed by atoms with Crippen molar-refractivity contribution < 1.29 is 9.90 Å². The summed E-state index contributed by atoms with van der Waals surface area (Å²) in [5, 5.41) is 8.92. The highest BCUT2D eigenvalue weighted by atomic mass is 79.9. The van der Waals surface area contributed by atoms with Crippen LogP contribution < -0.4 is 5.56 Å². The highest BCUT2D eigenvalue weighted by molar-refractivity contribution is 9.11. The van der Waals surface area contributed by atoms with Crippen molar-refractivity contribution in [3.8, 4) is 0 Å². The minimum atomic E-state index is -0.889. The molecule has 2 rings (SSSR count). The van der Waals surface area contributed by atoms with Crippen molar-refractivity contribution in [1.29, 1.82) is 0 Å². The van der Waals surface area contributed by atoms with Crippen LogP contribution in [0.3, 0.4) is 0 Å². The van der Waals surface area contributed by atoms with Gasteiger partial charge in [0.15, 0.2) is 0 Å². The molecule has 0 atom stereocenters. The smallest absolute Gasteiger partial charge is 0.307 e. The van der Waals surface area contributed by atoms with E-state index in [0.717, 1.165) is 10.0 Å². The van der Waals surface area contributed by atoms with Gasteiger partial charge in [-0.3, -0.25) is 9.59 Å². The van der Waals surface area contributed by atoms with Crippen LogP contribution in [-0.4, -0.2) is 15.6 Å². The molecule has 0 saturated carbocycles. The third-order valence-electron chi connectivity index (χ3n) is 2.81. The molecule has 0 amide bonds. The SMILES string of the molecule is O=C(O)Cc1ccccc1Cn1cc(Br)cc(Br)c1=O. The Labute approximate surface area is 132 Å². The van der Waals surface area contributed by atoms with Gasteiger partial charge < -0.3 is 9.67 Å². The van der Waals surface area contributed by atoms with E-state index >= 15 is 0 Å². The minimum Gasteiger partial charge on any atom is -0.481 e. The summed E-state index contributed by atoms with van der Waals surface area (Å²) in [6.45, 7) is 0.334. The monoisotopic (exact) mass is 399 g/mol. The van der Waals surface area contributed by atoms with Gasteiger partial charge in [-0.25, -0.2) is 0 Å². The lowest BCUT2D eigenvalue weighted by atomic mass is 10.0. The first-order valence-electron chi connectivity index (χ1n) is 5.81. The summed E-state index contributed by atoms with van der Waals surface area (Å²) >= 11 is 6.55. The Kier molecular flexibility index (Phi) is 4.77. The summed E-state index contributed by atoms with van der Waals surface area (Å²) in [5.74, 6) is -0.889. The van der Waals surface area contributed by atoms with E-state index in [2.05, 4.69) is 31.9 Å². The maximum Gasteiger partial charge on any atom is 0.307 e. The fourth-order valence-corrected chi connectivity index (χ4v) is 3.17. The van der Waals surface area contributed by atoms with Crippen molar-refractivity contribution in [2.24, 2.45) is 0 Å². The first-order valence-corrected chi connectivity index (χ1v) is 7.40. The van der Waals surface area contributed by atoms with E-state index in [1.54, 1.807) is 24.4 Å². The van der Waals surface area contributed by atoms with Crippen LogP contribution in [0.5, 0.6) is 0 Å². The van der Waals surface area contributed by atoms with Gasteiger partial charge in [-0.1, -0.05) is 24.3 Å². The van der Waals surface area contributed by atoms with Crippen LogP contribution in [0.2, 0.25) is 0 Å². The molecule has 4 nitrogen and oxygen atoms in total. The number of aromatic nitrogens is 1. The molecule has 1 N–H and O–H groups in total. The highest BCUT2D eigenvalue weighted by Gasteiger charge is 2.09. The molecule has 0 bridgehead atoms. The summed E-state index contributed by atoms with van der Waals surface area (Å²) in [6, 6.07) is 8.91. The van der Waals surface area contributed by atoms with Crippen LogP contribution in [-0.2, 0) is 17.8 Å². The summed E-state index contributed by atoms with van der Waals surface area (Å²) in [7, 11) is 0. The zero-order valence-corrected chi connectivity index (χ0v) is 13.5. The Morgan fingerprint density at radius 3 is 2.50 bits per heavy atom. The number of carboxylic acids is 1. The summed E-state index contributed by atoms with van der Waals surface area (Å²) in [4.78, 5) is 22.9. The molecule has 1 aromatic heterocycles. The second-order valence-corrected chi connectivity index (χ2v) is 6.05. The Morgan fingerprint density at radius 2 is 1.85 bits per heavy atom. The second-order valence-electron chi connectivity index (χ2n) is 4.28. The first-order chi connectivity index (χ1) is 9.47. The van der Waals surface area contributed by atoms with Gasteiger partial charge in [0.25, 0.3) is 5.56 Å². The molecule has 0 spiro atoms. The first kappa shape index (κ1) is 15.0. The number of carbonyl (C=O) groups is 1. The van der Waals surface area contributed by atoms with Gasteiger partial charge in [0.1, 0.15) is 0 Å². The van der Waals surface area contributed by atoms with Gasteiger partial charge in [-0.15, -0.1) is 0 Å². The van der Waals surface area contributed by atoms with Crippen molar-refractivity contribution in [2.45, 2.75) is 13.0 Å². The molecule has 0 radical (unpaired) electrons. The molecule has 1 aromatic carbocycles. The summed E-state index contributed by atoms with van der Waals surface area (Å²) < 4.78 is 2.77. The average molecular weight is 401 g/mol. The third kappa shape index (κ3) is 3.58. The van der Waals surface area contributed by atoms with Crippen molar-refractivity contribution in [3.05, 3.63) is 67.0 Å². The fraction of sp³-hybridized carbons (Fsp3) is 0.143. The van der Waals surface area contributed by atoms with Crippen LogP contribution >= 0.6 is 31.9 Å². The average Bonchev–Trinajstić information content (AvgIpc) is 2.37. The van der Waals surface area contributed by atoms with E-state index in [0.29, 0.717) is 16.6 Å². The molecule has 104 valence electrons. The molecule has 0 fully saturated rings. The van der Waals surface area contributed by atoms with E-state index < -0.39 is 5.97 Å². The zero-order valence-electron chi connectivity index (χ0n) is 10.3. The van der Waals surface area contributed by atoms with Crippen molar-refractivity contribution in [3.63, 3.8) is 0 Å². The quantitative estimate of drug-likeness (QED) is 0.857. The number of nitrogens with zero attached hydrogens (tertiary/aromatic N) is 1. The fourth-order valence-electron chi connectivity index (χ4n) is 1.91. The topological polar surface area (TPSA) is 59.3 Å². The molecule has 0 saturated heterocycles. The number of hydrogen-bond acceptors (Lipinski definition) is 2. The molecule has 0 aliphatic rings. The van der Waals surface area contributed by atoms with Crippen LogP contribution in [0.1, 0.15) is 11.1 Å². The van der Waals surface area contributed by atoms with Gasteiger partial charge >= 0.3 is 5.97 Å². The molecular formula is C14H11Br2NO3. The van der Waals surface area contributed by atoms with Gasteiger partial charge in [0.2, 0.25) is 0 Å². The van der Waals surface area contributed by atoms with E-state index in [1.807, 2.05) is 12.1 Å². The number of benzene rings is 1. The normalized spacial score (nSPS) is 10.5. The number of carboxylic acid groups (broad SMARTS) is 1. The maximum absolute atomic E-state index is 12.0. The second kappa shape index (κ2) is 6.37. The van der Waals surface area contributed by atoms with Crippen molar-refractivity contribution in [2.75, 3.05) is 0 Å². The minimum absolute atomic E-state index is 0.0555. The lowest BCUT2D eigenvalue weighted by Crippen LogP contribution is -2.21. The van der Waals surface area contributed by atoms with Crippen LogP contribution in [0, 0.1) is 0 Å². The van der Waals surface area contributed by atoms with Gasteiger partial charge in [0.05, 0.1) is 17.4 Å². The van der Waals surface area contributed by atoms with Crippen LogP contribution in [0.15, 0.2) is 50.3 Å². The van der Waals surface area contributed by atoms with E-state index in [1.165, 1.54) is 4.57 Å². The largest absolute Gasteiger partial charge is 0.481 e. The third-order valence-corrected chi connectivity index (χ3v) is 3.81. The van der Waals surface area contributed by atoms with E-state index in [4.69, 9.17) is 5.11 Å². The Morgan fingerprint density at radius 1 is 1.20 bits per heavy atom. The standard InChI is InChI=1S/C14H11Br2NO3/c15-11-6-12(16)14(20)17(8-11)7-10-4-2-1-3-9(10)5-13(18)19/h1-4,6,8H,5,7H2,(H,18,19). The molecule has 6 heteroatoms. The van der Waals surface area contributed by atoms with Gasteiger partial charge in [-0.05, 0) is 49.1 Å². The van der Waals surface area contributed by atoms with E-state index in [9.17, 15) is 9.59 Å².